The van der Waals surface area contributed by atoms with E-state index >= 15 is 0 Å². The van der Waals surface area contributed by atoms with E-state index in [4.69, 9.17) is 0 Å². The van der Waals surface area contributed by atoms with Crippen molar-refractivity contribution in [2.45, 2.75) is 57.5 Å². The van der Waals surface area contributed by atoms with Crippen LogP contribution in [-0.2, 0) is 4.79 Å². The van der Waals surface area contributed by atoms with Crippen LogP contribution in [0.2, 0.25) is 0 Å². The molecule has 1 heterocycles. The lowest BCUT2D eigenvalue weighted by atomic mass is 9.85. The Morgan fingerprint density at radius 1 is 1.06 bits per heavy atom. The molecule has 1 saturated heterocycles. The van der Waals surface area contributed by atoms with E-state index in [9.17, 15) is 9.90 Å². The van der Waals surface area contributed by atoms with Gasteiger partial charge in [-0.2, -0.15) is 0 Å². The molecule has 0 atom stereocenters. The van der Waals surface area contributed by atoms with E-state index in [1.54, 1.807) is 0 Å². The zero-order valence-electron chi connectivity index (χ0n) is 10.0. The summed E-state index contributed by atoms with van der Waals surface area (Å²) in [7, 11) is 0. The van der Waals surface area contributed by atoms with E-state index < -0.39 is 0 Å². The van der Waals surface area contributed by atoms with Crippen LogP contribution < -0.4 is 0 Å². The van der Waals surface area contributed by atoms with Gasteiger partial charge >= 0.3 is 0 Å². The lowest BCUT2D eigenvalue weighted by Gasteiger charge is -2.30. The van der Waals surface area contributed by atoms with Gasteiger partial charge in [0.2, 0.25) is 5.91 Å². The minimum Gasteiger partial charge on any atom is -0.393 e. The van der Waals surface area contributed by atoms with E-state index in [1.807, 2.05) is 4.90 Å². The third-order valence-corrected chi connectivity index (χ3v) is 3.99. The van der Waals surface area contributed by atoms with Gasteiger partial charge in [0.15, 0.2) is 0 Å². The summed E-state index contributed by atoms with van der Waals surface area (Å²) in [5.74, 6) is 0.874. The Morgan fingerprint density at radius 3 is 2.31 bits per heavy atom. The number of hydrogen-bond acceptors (Lipinski definition) is 2. The molecule has 0 bridgehead atoms. The minimum atomic E-state index is -0.110. The number of amides is 1. The molecule has 1 amide bonds. The Bertz CT molecular complexity index is 228. The summed E-state index contributed by atoms with van der Waals surface area (Å²) < 4.78 is 0. The smallest absolute Gasteiger partial charge is 0.222 e. The SMILES string of the molecule is O=C(CC1CCC(O)CC1)N1CCCCC1. The van der Waals surface area contributed by atoms with Gasteiger partial charge in [0.1, 0.15) is 0 Å². The van der Waals surface area contributed by atoms with Crippen LogP contribution in [0, 0.1) is 5.92 Å². The fourth-order valence-corrected chi connectivity index (χ4v) is 2.87. The monoisotopic (exact) mass is 225 g/mol. The first-order valence-electron chi connectivity index (χ1n) is 6.71. The molecule has 92 valence electrons. The number of likely N-dealkylation sites (tertiary alicyclic amines) is 1. The van der Waals surface area contributed by atoms with E-state index in [1.165, 1.54) is 19.3 Å². The van der Waals surface area contributed by atoms with Gasteiger partial charge in [-0.05, 0) is 50.9 Å². The molecule has 16 heavy (non-hydrogen) atoms. The fraction of sp³-hybridized carbons (Fsp3) is 0.923. The van der Waals surface area contributed by atoms with Crippen LogP contribution in [0.3, 0.4) is 0 Å². The standard InChI is InChI=1S/C13H23NO2/c15-12-6-4-11(5-7-12)10-13(16)14-8-2-1-3-9-14/h11-12,15H,1-10H2. The summed E-state index contributed by atoms with van der Waals surface area (Å²) in [4.78, 5) is 14.0. The van der Waals surface area contributed by atoms with E-state index in [-0.39, 0.29) is 6.10 Å². The highest BCUT2D eigenvalue weighted by Gasteiger charge is 2.24. The molecule has 2 fully saturated rings. The molecule has 1 N–H and O–H groups in total. The summed E-state index contributed by atoms with van der Waals surface area (Å²) in [6, 6.07) is 0. The number of piperidine rings is 1. The van der Waals surface area contributed by atoms with Gasteiger partial charge in [0, 0.05) is 19.5 Å². The predicted molar refractivity (Wildman–Crippen MR) is 63.0 cm³/mol. The molecule has 2 rings (SSSR count). The number of aliphatic hydroxyl groups excluding tert-OH is 1. The summed E-state index contributed by atoms with van der Waals surface area (Å²) in [6.07, 6.45) is 8.06. The lowest BCUT2D eigenvalue weighted by molar-refractivity contribution is -0.133. The molecule has 0 aromatic carbocycles. The fourth-order valence-electron chi connectivity index (χ4n) is 2.87. The molecule has 3 nitrogen and oxygen atoms in total. The molecule has 0 radical (unpaired) electrons. The summed E-state index contributed by atoms with van der Waals surface area (Å²) in [5.41, 5.74) is 0. The average molecular weight is 225 g/mol. The molecular weight excluding hydrogens is 202 g/mol. The maximum atomic E-state index is 12.0. The van der Waals surface area contributed by atoms with Gasteiger partial charge < -0.3 is 10.0 Å². The minimum absolute atomic E-state index is 0.110. The number of aliphatic hydroxyl groups is 1. The molecule has 1 saturated carbocycles. The van der Waals surface area contributed by atoms with Crippen LogP contribution in [0.4, 0.5) is 0 Å². The van der Waals surface area contributed by atoms with Crippen molar-refractivity contribution in [3.05, 3.63) is 0 Å². The molecule has 0 spiro atoms. The average Bonchev–Trinajstić information content (AvgIpc) is 2.33. The third-order valence-electron chi connectivity index (χ3n) is 3.99. The summed E-state index contributed by atoms with van der Waals surface area (Å²) in [6.45, 7) is 1.93. The Labute approximate surface area is 97.8 Å². The number of rotatable bonds is 2. The highest BCUT2D eigenvalue weighted by Crippen LogP contribution is 2.27. The summed E-state index contributed by atoms with van der Waals surface area (Å²) in [5, 5.41) is 9.41. The first kappa shape index (κ1) is 11.9. The first-order chi connectivity index (χ1) is 7.75. The largest absolute Gasteiger partial charge is 0.393 e. The lowest BCUT2D eigenvalue weighted by Crippen LogP contribution is -2.37. The van der Waals surface area contributed by atoms with Crippen molar-refractivity contribution in [3.63, 3.8) is 0 Å². The third kappa shape index (κ3) is 3.21. The second-order valence-corrected chi connectivity index (χ2v) is 5.32. The molecule has 2 aliphatic rings. The molecule has 0 aromatic rings. The highest BCUT2D eigenvalue weighted by atomic mass is 16.3. The normalized spacial score (nSPS) is 31.4. The molecular formula is C13H23NO2. The van der Waals surface area contributed by atoms with Gasteiger partial charge in [0.25, 0.3) is 0 Å². The van der Waals surface area contributed by atoms with Crippen molar-refractivity contribution in [1.82, 2.24) is 4.90 Å². The van der Waals surface area contributed by atoms with Crippen LogP contribution in [0.1, 0.15) is 51.4 Å². The van der Waals surface area contributed by atoms with Crippen molar-refractivity contribution in [3.8, 4) is 0 Å². The van der Waals surface area contributed by atoms with E-state index in [0.29, 0.717) is 18.2 Å². The van der Waals surface area contributed by atoms with Crippen LogP contribution in [-0.4, -0.2) is 35.1 Å². The molecule has 0 aromatic heterocycles. The first-order valence-corrected chi connectivity index (χ1v) is 6.71. The van der Waals surface area contributed by atoms with Crippen molar-refractivity contribution in [2.24, 2.45) is 5.92 Å². The number of nitrogens with zero attached hydrogens (tertiary/aromatic N) is 1. The number of hydrogen-bond donors (Lipinski definition) is 1. The highest BCUT2D eigenvalue weighted by molar-refractivity contribution is 5.76. The van der Waals surface area contributed by atoms with Gasteiger partial charge in [-0.1, -0.05) is 0 Å². The Kier molecular flexibility index (Phi) is 4.22. The summed E-state index contributed by atoms with van der Waals surface area (Å²) >= 11 is 0. The number of carbonyl (C=O) groups excluding carboxylic acids is 1. The van der Waals surface area contributed by atoms with Crippen molar-refractivity contribution in [2.75, 3.05) is 13.1 Å². The van der Waals surface area contributed by atoms with E-state index in [0.717, 1.165) is 38.8 Å². The predicted octanol–water partition coefficient (Wildman–Crippen LogP) is 1.94. The van der Waals surface area contributed by atoms with Gasteiger partial charge in [-0.15, -0.1) is 0 Å². The van der Waals surface area contributed by atoms with Gasteiger partial charge in [0.05, 0.1) is 6.10 Å². The zero-order chi connectivity index (χ0) is 11.4. The maximum absolute atomic E-state index is 12.0. The van der Waals surface area contributed by atoms with Crippen LogP contribution in [0.25, 0.3) is 0 Å². The second kappa shape index (κ2) is 5.67. The maximum Gasteiger partial charge on any atom is 0.222 e. The van der Waals surface area contributed by atoms with Crippen LogP contribution in [0.15, 0.2) is 0 Å². The Hall–Kier alpha value is -0.570. The molecule has 1 aliphatic carbocycles. The van der Waals surface area contributed by atoms with Gasteiger partial charge in [-0.3, -0.25) is 4.79 Å². The van der Waals surface area contributed by atoms with Crippen molar-refractivity contribution < 1.29 is 9.90 Å². The topological polar surface area (TPSA) is 40.5 Å². The van der Waals surface area contributed by atoms with Crippen LogP contribution in [0.5, 0.6) is 0 Å². The molecule has 3 heteroatoms. The number of carbonyl (C=O) groups is 1. The van der Waals surface area contributed by atoms with Gasteiger partial charge in [-0.25, -0.2) is 0 Å². The Morgan fingerprint density at radius 2 is 1.69 bits per heavy atom. The quantitative estimate of drug-likeness (QED) is 0.780. The van der Waals surface area contributed by atoms with Crippen molar-refractivity contribution >= 4 is 5.91 Å². The zero-order valence-corrected chi connectivity index (χ0v) is 10.0. The van der Waals surface area contributed by atoms with E-state index in [2.05, 4.69) is 0 Å². The molecule has 0 unspecified atom stereocenters. The van der Waals surface area contributed by atoms with Crippen LogP contribution >= 0.6 is 0 Å². The molecule has 1 aliphatic heterocycles. The Balaban J connectivity index is 1.73. The second-order valence-electron chi connectivity index (χ2n) is 5.32. The van der Waals surface area contributed by atoms with Crippen molar-refractivity contribution in [1.29, 1.82) is 0 Å².